The highest BCUT2D eigenvalue weighted by Gasteiger charge is 2.38. The number of fused-ring (bicyclic) bond motifs is 1. The normalized spacial score (nSPS) is 23.9. The molecule has 3 atom stereocenters. The van der Waals surface area contributed by atoms with E-state index in [1.165, 1.54) is 10.7 Å². The molecule has 162 valence electrons. The van der Waals surface area contributed by atoms with Crippen molar-refractivity contribution in [2.75, 3.05) is 18.4 Å². The Morgan fingerprint density at radius 3 is 2.90 bits per heavy atom. The average Bonchev–Trinajstić information content (AvgIpc) is 3.12. The van der Waals surface area contributed by atoms with Crippen LogP contribution in [0.2, 0.25) is 0 Å². The average molecular weight is 420 g/mol. The number of anilines is 1. The number of aromatic nitrogens is 2. The maximum Gasteiger partial charge on any atom is 0.260 e. The first-order valence-corrected chi connectivity index (χ1v) is 10.5. The molecule has 0 aliphatic carbocycles. The van der Waals surface area contributed by atoms with Crippen LogP contribution in [0.1, 0.15) is 43.0 Å². The van der Waals surface area contributed by atoms with E-state index in [2.05, 4.69) is 10.4 Å². The Morgan fingerprint density at radius 1 is 1.33 bits per heavy atom. The molecular formula is C22H27F3N4O. The molecule has 2 aliphatic rings. The van der Waals surface area contributed by atoms with Crippen LogP contribution in [0.3, 0.4) is 0 Å². The molecule has 0 saturated carbocycles. The lowest BCUT2D eigenvalue weighted by molar-refractivity contribution is -0.133. The number of nitrogens with zero attached hydrogens (tertiary/aromatic N) is 3. The second-order valence-electron chi connectivity index (χ2n) is 8.34. The zero-order chi connectivity index (χ0) is 21.3. The Bertz CT molecular complexity index is 900. The van der Waals surface area contributed by atoms with Crippen LogP contribution in [-0.4, -0.2) is 46.1 Å². The highest BCUT2D eigenvalue weighted by Crippen LogP contribution is 2.36. The number of carbonyl (C=O) groups excluding carboxylic acids is 1. The van der Waals surface area contributed by atoms with Crippen molar-refractivity contribution in [2.24, 2.45) is 5.92 Å². The number of alkyl halides is 2. The number of benzene rings is 1. The number of amides is 1. The summed E-state index contributed by atoms with van der Waals surface area (Å²) in [5.41, 5.74) is 1.24. The quantitative estimate of drug-likeness (QED) is 0.789. The van der Waals surface area contributed by atoms with Crippen LogP contribution in [0.5, 0.6) is 0 Å². The van der Waals surface area contributed by atoms with Crippen molar-refractivity contribution in [3.8, 4) is 0 Å². The Hall–Kier alpha value is -2.51. The summed E-state index contributed by atoms with van der Waals surface area (Å²) in [6, 6.07) is 7.21. The molecule has 1 amide bonds. The first-order chi connectivity index (χ1) is 14.4. The van der Waals surface area contributed by atoms with E-state index in [9.17, 15) is 18.0 Å². The summed E-state index contributed by atoms with van der Waals surface area (Å²) < 4.78 is 42.5. The zero-order valence-electron chi connectivity index (χ0n) is 17.0. The fourth-order valence-corrected chi connectivity index (χ4v) is 4.67. The molecule has 3 heterocycles. The van der Waals surface area contributed by atoms with E-state index in [-0.39, 0.29) is 36.5 Å². The van der Waals surface area contributed by atoms with E-state index < -0.39 is 12.5 Å². The van der Waals surface area contributed by atoms with Crippen LogP contribution < -0.4 is 5.32 Å². The van der Waals surface area contributed by atoms with Gasteiger partial charge in [0.05, 0.1) is 5.69 Å². The molecule has 0 spiro atoms. The second-order valence-corrected chi connectivity index (χ2v) is 8.34. The minimum Gasteiger partial charge on any atom is -0.367 e. The number of halogens is 3. The van der Waals surface area contributed by atoms with E-state index in [0.717, 1.165) is 12.8 Å². The molecule has 5 nitrogen and oxygen atoms in total. The van der Waals surface area contributed by atoms with Crippen LogP contribution in [0.25, 0.3) is 0 Å². The van der Waals surface area contributed by atoms with E-state index in [1.807, 2.05) is 4.90 Å². The standard InChI is InChI=1S/C22H27F3N4O/c1-14-11-20-26-18(12-19(22(24)25)29(20)27-14)16-6-4-10-28(13-16)21(30)9-8-15-5-2-3-7-17(15)23/h2-3,5,7,11,16,18-19,22,26H,4,6,8-10,12-13H2,1H3/t16?,18-,19+/m0/s1. The summed E-state index contributed by atoms with van der Waals surface area (Å²) >= 11 is 0. The lowest BCUT2D eigenvalue weighted by Crippen LogP contribution is -2.48. The van der Waals surface area contributed by atoms with Crippen LogP contribution in [-0.2, 0) is 11.2 Å². The lowest BCUT2D eigenvalue weighted by atomic mass is 9.85. The second kappa shape index (κ2) is 8.70. The van der Waals surface area contributed by atoms with Gasteiger partial charge >= 0.3 is 0 Å². The highest BCUT2D eigenvalue weighted by atomic mass is 19.3. The van der Waals surface area contributed by atoms with Crippen molar-refractivity contribution >= 4 is 11.7 Å². The Balaban J connectivity index is 1.40. The Kier molecular flexibility index (Phi) is 6.01. The van der Waals surface area contributed by atoms with Gasteiger partial charge in [0.1, 0.15) is 17.7 Å². The molecule has 1 saturated heterocycles. The zero-order valence-corrected chi connectivity index (χ0v) is 17.0. The van der Waals surface area contributed by atoms with Gasteiger partial charge in [0.25, 0.3) is 6.43 Å². The largest absolute Gasteiger partial charge is 0.367 e. The van der Waals surface area contributed by atoms with E-state index >= 15 is 0 Å². The van der Waals surface area contributed by atoms with Crippen LogP contribution in [0.4, 0.5) is 19.0 Å². The molecule has 0 bridgehead atoms. The summed E-state index contributed by atoms with van der Waals surface area (Å²) in [4.78, 5) is 14.5. The molecule has 1 fully saturated rings. The number of likely N-dealkylation sites (tertiary alicyclic amines) is 1. The first kappa shape index (κ1) is 20.8. The van der Waals surface area contributed by atoms with Crippen LogP contribution >= 0.6 is 0 Å². The number of aryl methyl sites for hydroxylation is 2. The molecule has 8 heteroatoms. The molecule has 4 rings (SSSR count). The number of nitrogens with one attached hydrogen (secondary N) is 1. The molecule has 2 aromatic rings. The van der Waals surface area contributed by atoms with Gasteiger partial charge in [0.15, 0.2) is 0 Å². The van der Waals surface area contributed by atoms with Gasteiger partial charge in [-0.3, -0.25) is 4.79 Å². The van der Waals surface area contributed by atoms with E-state index in [0.29, 0.717) is 36.6 Å². The lowest BCUT2D eigenvalue weighted by Gasteiger charge is -2.41. The molecule has 2 aliphatic heterocycles. The molecule has 1 aromatic carbocycles. The van der Waals surface area contributed by atoms with Crippen molar-refractivity contribution in [1.82, 2.24) is 14.7 Å². The van der Waals surface area contributed by atoms with Gasteiger partial charge in [-0.1, -0.05) is 18.2 Å². The third-order valence-electron chi connectivity index (χ3n) is 6.24. The van der Waals surface area contributed by atoms with Crippen molar-refractivity contribution in [2.45, 2.75) is 57.5 Å². The summed E-state index contributed by atoms with van der Waals surface area (Å²) in [5, 5.41) is 7.59. The smallest absolute Gasteiger partial charge is 0.260 e. The molecule has 1 aromatic heterocycles. The molecule has 0 radical (unpaired) electrons. The van der Waals surface area contributed by atoms with Gasteiger partial charge in [0, 0.05) is 31.6 Å². The van der Waals surface area contributed by atoms with Gasteiger partial charge in [-0.15, -0.1) is 0 Å². The SMILES string of the molecule is Cc1cc2n(n1)[C@@H](C(F)F)C[C@@H](C1CCCN(C(=O)CCc3ccccc3F)C1)N2. The maximum absolute atomic E-state index is 13.8. The van der Waals surface area contributed by atoms with E-state index in [1.54, 1.807) is 31.2 Å². The minimum absolute atomic E-state index is 0.00921. The first-order valence-electron chi connectivity index (χ1n) is 10.5. The third-order valence-corrected chi connectivity index (χ3v) is 6.24. The molecule has 30 heavy (non-hydrogen) atoms. The predicted octanol–water partition coefficient (Wildman–Crippen LogP) is 4.19. The number of hydrogen-bond acceptors (Lipinski definition) is 3. The number of carbonyl (C=O) groups is 1. The maximum atomic E-state index is 13.8. The van der Waals surface area contributed by atoms with Crippen molar-refractivity contribution < 1.29 is 18.0 Å². The molecule has 1 unspecified atom stereocenters. The van der Waals surface area contributed by atoms with Gasteiger partial charge in [-0.25, -0.2) is 17.9 Å². The fraction of sp³-hybridized carbons (Fsp3) is 0.545. The van der Waals surface area contributed by atoms with E-state index in [4.69, 9.17) is 0 Å². The summed E-state index contributed by atoms with van der Waals surface area (Å²) in [6.45, 7) is 2.99. The van der Waals surface area contributed by atoms with Gasteiger partial charge in [0.2, 0.25) is 5.91 Å². The van der Waals surface area contributed by atoms with Crippen molar-refractivity contribution in [1.29, 1.82) is 0 Å². The van der Waals surface area contributed by atoms with Crippen LogP contribution in [0.15, 0.2) is 30.3 Å². The Labute approximate surface area is 174 Å². The number of rotatable bonds is 5. The fourth-order valence-electron chi connectivity index (χ4n) is 4.67. The van der Waals surface area contributed by atoms with Gasteiger partial charge in [-0.05, 0) is 50.2 Å². The minimum atomic E-state index is -2.49. The monoisotopic (exact) mass is 420 g/mol. The van der Waals surface area contributed by atoms with Gasteiger partial charge < -0.3 is 10.2 Å². The molecular weight excluding hydrogens is 393 g/mol. The summed E-state index contributed by atoms with van der Waals surface area (Å²) in [5.74, 6) is 0.418. The summed E-state index contributed by atoms with van der Waals surface area (Å²) in [6.07, 6.45) is 0.129. The topological polar surface area (TPSA) is 50.2 Å². The summed E-state index contributed by atoms with van der Waals surface area (Å²) in [7, 11) is 0. The predicted molar refractivity (Wildman–Crippen MR) is 108 cm³/mol. The Morgan fingerprint density at radius 2 is 2.13 bits per heavy atom. The number of piperidine rings is 1. The van der Waals surface area contributed by atoms with Crippen molar-refractivity contribution in [3.63, 3.8) is 0 Å². The highest BCUT2D eigenvalue weighted by molar-refractivity contribution is 5.76. The van der Waals surface area contributed by atoms with Crippen molar-refractivity contribution in [3.05, 3.63) is 47.4 Å². The number of hydrogen-bond donors (Lipinski definition) is 1. The third kappa shape index (κ3) is 4.32. The van der Waals surface area contributed by atoms with Gasteiger partial charge in [-0.2, -0.15) is 5.10 Å². The van der Waals surface area contributed by atoms with Crippen LogP contribution in [0, 0.1) is 18.7 Å². The molecule has 1 N–H and O–H groups in total.